The summed E-state index contributed by atoms with van der Waals surface area (Å²) >= 11 is 0. The Kier molecular flexibility index (Phi) is 78.2. The number of benzene rings is 2. The number of carbonyl (C=O) groups is 8. The first kappa shape index (κ1) is 123. The topological polar surface area (TPSA) is 210 Å². The van der Waals surface area contributed by atoms with Crippen LogP contribution in [0, 0.1) is 142 Å². The Morgan fingerprint density at radius 2 is 0.415 bits per heavy atom. The molecule has 692 valence electrons. The molecule has 4 atom stereocenters. The fourth-order valence-corrected chi connectivity index (χ4v) is 13.4. The lowest BCUT2D eigenvalue weighted by Gasteiger charge is -2.21. The summed E-state index contributed by atoms with van der Waals surface area (Å²) in [5, 5.41) is 0. The minimum atomic E-state index is -0.0706. The predicted octanol–water partition coefficient (Wildman–Crippen LogP) is 26.9. The molecule has 0 fully saturated rings. The first-order chi connectivity index (χ1) is 54.9. The summed E-state index contributed by atoms with van der Waals surface area (Å²) in [6.07, 6.45) is 12.9. The lowest BCUT2D eigenvalue weighted by atomic mass is 9.88. The number of rotatable bonds is 46. The van der Waals surface area contributed by atoms with Crippen LogP contribution in [0.3, 0.4) is 0 Å². The Bertz CT molecular complexity index is 2700. The van der Waals surface area contributed by atoms with E-state index >= 15 is 0 Å². The number of ether oxygens (including phenoxy) is 8. The van der Waals surface area contributed by atoms with E-state index in [0.29, 0.717) is 134 Å². The summed E-state index contributed by atoms with van der Waals surface area (Å²) in [6.45, 7) is 78.6. The number of methoxy groups -OCH3 is 2. The molecule has 0 saturated heterocycles. The molecule has 0 aromatic heterocycles. The summed E-state index contributed by atoms with van der Waals surface area (Å²) in [5.74, 6) is 8.23. The van der Waals surface area contributed by atoms with Crippen LogP contribution in [-0.2, 0) is 89.5 Å². The Balaban J connectivity index is -0.000000305. The minimum absolute atomic E-state index is 0.000694. The van der Waals surface area contributed by atoms with Gasteiger partial charge in [-0.15, -0.1) is 0 Å². The predicted molar refractivity (Wildman–Crippen MR) is 493 cm³/mol. The van der Waals surface area contributed by atoms with Crippen LogP contribution in [0.1, 0.15) is 350 Å². The van der Waals surface area contributed by atoms with Gasteiger partial charge in [0.1, 0.15) is 13.2 Å². The van der Waals surface area contributed by atoms with Crippen molar-refractivity contribution in [1.82, 2.24) is 0 Å². The highest BCUT2D eigenvalue weighted by molar-refractivity contribution is 5.75. The molecule has 2 aromatic carbocycles. The maximum atomic E-state index is 12.2. The van der Waals surface area contributed by atoms with E-state index in [4.69, 9.17) is 37.9 Å². The van der Waals surface area contributed by atoms with Gasteiger partial charge in [0.05, 0.1) is 88.0 Å². The highest BCUT2D eigenvalue weighted by Gasteiger charge is 2.30. The summed E-state index contributed by atoms with van der Waals surface area (Å²) in [6, 6.07) is 19.7. The molecule has 0 spiro atoms. The zero-order valence-electron chi connectivity index (χ0n) is 83.3. The van der Waals surface area contributed by atoms with Crippen molar-refractivity contribution in [3.05, 3.63) is 71.8 Å². The van der Waals surface area contributed by atoms with Gasteiger partial charge in [-0.05, 0) is 210 Å². The average Bonchev–Trinajstić information content (AvgIpc) is 0.916. The molecule has 0 N–H and O–H groups in total. The molecule has 0 aliphatic heterocycles. The molecule has 118 heavy (non-hydrogen) atoms. The third kappa shape index (κ3) is 73.0. The first-order valence-electron chi connectivity index (χ1n) is 46.1. The van der Waals surface area contributed by atoms with Gasteiger partial charge in [-0.2, -0.15) is 0 Å². The summed E-state index contributed by atoms with van der Waals surface area (Å²) < 4.78 is 40.9. The van der Waals surface area contributed by atoms with Crippen LogP contribution in [0.5, 0.6) is 0 Å². The maximum absolute atomic E-state index is 12.2. The van der Waals surface area contributed by atoms with Gasteiger partial charge in [0.25, 0.3) is 0 Å². The lowest BCUT2D eigenvalue weighted by Crippen LogP contribution is -2.24. The van der Waals surface area contributed by atoms with Gasteiger partial charge in [-0.1, -0.05) is 296 Å². The largest absolute Gasteiger partial charge is 0.469 e. The highest BCUT2D eigenvalue weighted by Crippen LogP contribution is 2.29. The molecule has 16 nitrogen and oxygen atoms in total. The molecule has 2 aromatic rings. The van der Waals surface area contributed by atoms with Gasteiger partial charge in [-0.3, -0.25) is 38.4 Å². The van der Waals surface area contributed by atoms with E-state index < -0.39 is 0 Å². The lowest BCUT2D eigenvalue weighted by molar-refractivity contribution is -0.152. The number of hydrogen-bond donors (Lipinski definition) is 0. The van der Waals surface area contributed by atoms with Gasteiger partial charge < -0.3 is 37.9 Å². The van der Waals surface area contributed by atoms with Gasteiger partial charge >= 0.3 is 47.8 Å². The summed E-state index contributed by atoms with van der Waals surface area (Å²) in [7, 11) is 2.92. The van der Waals surface area contributed by atoms with E-state index in [9.17, 15) is 38.4 Å². The molecule has 16 heteroatoms. The van der Waals surface area contributed by atoms with E-state index in [1.54, 1.807) is 0 Å². The first-order valence-corrected chi connectivity index (χ1v) is 46.1. The standard InChI is InChI=1S/C17H26O2.C16H24O2.C13H26O2.2C12H24O2.2C11H22O2.C10H20O2/c1-13(2)10-16(11-14(3)4)17(18)19-12-15-8-6-5-7-9-15;1-12(2)10-15(13(3)4)16(17)18-11-14-8-6-5-7-9-14;1-6-7-15-13(14)12(8-10(2)3)9-11(4)5;1-6-14-12(13)11(7-9(2)3)8-10(4)5;1-6-7-14-12(13)11(10(4)5)8-9(2)3;1-8(2)6-10(7-9(3)4)11(12)13-5;1-6-13-11(12)10(9(4)5)7-8(2)3;1-7(2)6-9(8(3)4)10(11)12-5/h5-9,13-14,16H,10-12H2,1-4H3;5-9,12-13,15H,10-11H2,1-4H3;10-12H,6-9H2,1-5H3;2*9-11H,6-8H2,1-5H3;2*8-10H,6-7H2,1-5H3;7-9H,6H2,1-5H3. The quantitative estimate of drug-likeness (QED) is 0.0446. The smallest absolute Gasteiger partial charge is 0.309 e. The van der Waals surface area contributed by atoms with Gasteiger partial charge in [0, 0.05) is 0 Å². The molecular formula is C102H188O16. The van der Waals surface area contributed by atoms with Crippen molar-refractivity contribution in [1.29, 1.82) is 0 Å². The Labute approximate surface area is 727 Å². The Morgan fingerprint density at radius 3 is 0.636 bits per heavy atom. The molecule has 4 unspecified atom stereocenters. The molecule has 0 amide bonds. The zero-order chi connectivity index (χ0) is 92.5. The van der Waals surface area contributed by atoms with E-state index in [1.807, 2.05) is 88.4 Å². The van der Waals surface area contributed by atoms with Crippen molar-refractivity contribution in [3.63, 3.8) is 0 Å². The van der Waals surface area contributed by atoms with Crippen LogP contribution in [-0.4, -0.2) is 88.4 Å². The number of esters is 8. The van der Waals surface area contributed by atoms with Crippen LogP contribution < -0.4 is 0 Å². The molecule has 2 rings (SSSR count). The molecule has 0 saturated carbocycles. The van der Waals surface area contributed by atoms with Gasteiger partial charge in [-0.25, -0.2) is 0 Å². The van der Waals surface area contributed by atoms with Crippen molar-refractivity contribution >= 4 is 47.8 Å². The molecule has 0 radical (unpaired) electrons. The average molecular weight is 1670 g/mol. The molecule has 0 aliphatic rings. The molecule has 0 aliphatic carbocycles. The second kappa shape index (κ2) is 75.0. The van der Waals surface area contributed by atoms with Gasteiger partial charge in [0.2, 0.25) is 0 Å². The number of carbonyl (C=O) groups excluding carboxylic acids is 8. The van der Waals surface area contributed by atoms with Crippen LogP contribution in [0.4, 0.5) is 0 Å². The molecular weight excluding hydrogens is 1480 g/mol. The normalized spacial score (nSPS) is 12.3. The SMILES string of the molecule is CC(C)CC(C(=O)OCc1ccccc1)C(C)C.CC(C)CC(CC(C)C)C(=O)OCc1ccccc1.CCCOC(=O)C(CC(C)C)C(C)C.CCCOC(=O)C(CC(C)C)CC(C)C.CCOC(=O)C(CC(C)C)C(C)C.CCOC(=O)C(CC(C)C)CC(C)C.COC(=O)C(CC(C)C)C(C)C.COC(=O)C(CC(C)C)CC(C)C. The van der Waals surface area contributed by atoms with E-state index in [2.05, 4.69) is 222 Å². The monoisotopic (exact) mass is 1670 g/mol. The van der Waals surface area contributed by atoms with Crippen molar-refractivity contribution < 1.29 is 76.3 Å². The van der Waals surface area contributed by atoms with Crippen LogP contribution >= 0.6 is 0 Å². The minimum Gasteiger partial charge on any atom is -0.469 e. The Hall–Kier alpha value is -5.80. The highest BCUT2D eigenvalue weighted by atomic mass is 16.6. The van der Waals surface area contributed by atoms with E-state index in [-0.39, 0.29) is 95.1 Å². The fourth-order valence-electron chi connectivity index (χ4n) is 13.4. The van der Waals surface area contributed by atoms with Gasteiger partial charge in [0.15, 0.2) is 0 Å². The maximum Gasteiger partial charge on any atom is 0.309 e. The van der Waals surface area contributed by atoms with Crippen LogP contribution in [0.15, 0.2) is 60.7 Å². The zero-order valence-corrected chi connectivity index (χ0v) is 83.3. The van der Waals surface area contributed by atoms with Crippen molar-refractivity contribution in [2.45, 2.75) is 352 Å². The Morgan fingerprint density at radius 1 is 0.229 bits per heavy atom. The van der Waals surface area contributed by atoms with E-state index in [0.717, 1.165) is 101 Å². The fraction of sp³-hybridized carbons (Fsp3) is 0.804. The third-order valence-corrected chi connectivity index (χ3v) is 19.0. The van der Waals surface area contributed by atoms with Crippen LogP contribution in [0.2, 0.25) is 0 Å². The van der Waals surface area contributed by atoms with Crippen LogP contribution in [0.25, 0.3) is 0 Å². The van der Waals surface area contributed by atoms with Crippen molar-refractivity contribution in [3.8, 4) is 0 Å². The second-order valence-electron chi connectivity index (χ2n) is 38.8. The van der Waals surface area contributed by atoms with E-state index in [1.165, 1.54) is 14.2 Å². The molecule has 0 heterocycles. The summed E-state index contributed by atoms with van der Waals surface area (Å²) in [5.41, 5.74) is 2.08. The summed E-state index contributed by atoms with van der Waals surface area (Å²) in [4.78, 5) is 93.4. The van der Waals surface area contributed by atoms with Crippen molar-refractivity contribution in [2.24, 2.45) is 142 Å². The molecule has 0 bridgehead atoms. The second-order valence-corrected chi connectivity index (χ2v) is 38.8. The number of hydrogen-bond acceptors (Lipinski definition) is 16. The van der Waals surface area contributed by atoms with Crippen molar-refractivity contribution in [2.75, 3.05) is 40.6 Å². The third-order valence-electron chi connectivity index (χ3n) is 19.0.